The first kappa shape index (κ1) is 10.4. The van der Waals surface area contributed by atoms with Crippen LogP contribution in [-0.4, -0.2) is 14.8 Å². The van der Waals surface area contributed by atoms with Crippen LogP contribution in [0.15, 0.2) is 29.0 Å². The number of anilines is 1. The summed E-state index contributed by atoms with van der Waals surface area (Å²) in [5.41, 5.74) is 6.48. The molecule has 0 aliphatic rings. The fraction of sp³-hybridized carbons (Fsp3) is 0.111. The summed E-state index contributed by atoms with van der Waals surface area (Å²) in [4.78, 5) is 4.16. The molecule has 0 aliphatic carbocycles. The Kier molecular flexibility index (Phi) is 2.93. The first-order valence-corrected chi connectivity index (χ1v) is 5.41. The van der Waals surface area contributed by atoms with Crippen molar-refractivity contribution in [3.8, 4) is 0 Å². The topological polar surface area (TPSA) is 56.7 Å². The first-order chi connectivity index (χ1) is 7.15. The van der Waals surface area contributed by atoms with Gasteiger partial charge in [-0.3, -0.25) is 9.67 Å². The van der Waals surface area contributed by atoms with Gasteiger partial charge in [0.25, 0.3) is 0 Å². The van der Waals surface area contributed by atoms with Crippen molar-refractivity contribution >= 4 is 33.3 Å². The van der Waals surface area contributed by atoms with E-state index in [4.69, 9.17) is 17.3 Å². The molecule has 78 valence electrons. The molecular formula is C9H8BrClN4. The monoisotopic (exact) mass is 286 g/mol. The zero-order chi connectivity index (χ0) is 10.8. The highest BCUT2D eigenvalue weighted by Gasteiger charge is 2.03. The second kappa shape index (κ2) is 4.20. The van der Waals surface area contributed by atoms with Gasteiger partial charge in [-0.1, -0.05) is 11.6 Å². The van der Waals surface area contributed by atoms with Crippen molar-refractivity contribution in [2.45, 2.75) is 6.54 Å². The highest BCUT2D eigenvalue weighted by Crippen LogP contribution is 2.17. The first-order valence-electron chi connectivity index (χ1n) is 4.24. The average molecular weight is 288 g/mol. The molecule has 0 unspecified atom stereocenters. The van der Waals surface area contributed by atoms with Crippen LogP contribution in [0.5, 0.6) is 0 Å². The van der Waals surface area contributed by atoms with E-state index in [-0.39, 0.29) is 0 Å². The third-order valence-electron chi connectivity index (χ3n) is 1.86. The standard InChI is InChI=1S/C9H8BrClN4/c10-8-5-15(14-9(8)12)4-7-2-1-6(11)3-13-7/h1-3,5H,4H2,(H2,12,14). The molecule has 0 aliphatic heterocycles. The number of nitrogens with zero attached hydrogens (tertiary/aromatic N) is 3. The molecule has 0 saturated carbocycles. The number of pyridine rings is 1. The summed E-state index contributed by atoms with van der Waals surface area (Å²) in [5.74, 6) is 0.476. The SMILES string of the molecule is Nc1nn(Cc2ccc(Cl)cn2)cc1Br. The minimum absolute atomic E-state index is 0.476. The Balaban J connectivity index is 2.18. The minimum Gasteiger partial charge on any atom is -0.381 e. The van der Waals surface area contributed by atoms with E-state index in [0.717, 1.165) is 10.2 Å². The zero-order valence-electron chi connectivity index (χ0n) is 7.69. The van der Waals surface area contributed by atoms with Gasteiger partial charge in [0, 0.05) is 12.4 Å². The molecule has 4 nitrogen and oxygen atoms in total. The number of halogens is 2. The number of aromatic nitrogens is 3. The van der Waals surface area contributed by atoms with Crippen molar-refractivity contribution in [3.05, 3.63) is 39.7 Å². The molecule has 2 aromatic heterocycles. The molecule has 0 amide bonds. The number of hydrogen-bond donors (Lipinski definition) is 1. The van der Waals surface area contributed by atoms with Crippen LogP contribution in [0.25, 0.3) is 0 Å². The van der Waals surface area contributed by atoms with Crippen LogP contribution in [0, 0.1) is 0 Å². The average Bonchev–Trinajstić information content (AvgIpc) is 2.50. The van der Waals surface area contributed by atoms with E-state index in [0.29, 0.717) is 17.4 Å². The molecule has 0 radical (unpaired) electrons. The molecule has 2 aromatic rings. The molecule has 0 atom stereocenters. The quantitative estimate of drug-likeness (QED) is 0.922. The van der Waals surface area contributed by atoms with E-state index in [1.165, 1.54) is 0 Å². The molecule has 2 heterocycles. The summed E-state index contributed by atoms with van der Waals surface area (Å²) in [7, 11) is 0. The van der Waals surface area contributed by atoms with Crippen molar-refractivity contribution in [3.63, 3.8) is 0 Å². The summed E-state index contributed by atoms with van der Waals surface area (Å²) < 4.78 is 2.51. The molecule has 0 spiro atoms. The molecular weight excluding hydrogens is 279 g/mol. The molecule has 0 saturated heterocycles. The lowest BCUT2D eigenvalue weighted by molar-refractivity contribution is 0.675. The maximum Gasteiger partial charge on any atom is 0.159 e. The van der Waals surface area contributed by atoms with Gasteiger partial charge in [-0.2, -0.15) is 5.10 Å². The lowest BCUT2D eigenvalue weighted by Crippen LogP contribution is -2.02. The van der Waals surface area contributed by atoms with E-state index < -0.39 is 0 Å². The van der Waals surface area contributed by atoms with E-state index in [9.17, 15) is 0 Å². The fourth-order valence-corrected chi connectivity index (χ4v) is 1.59. The van der Waals surface area contributed by atoms with E-state index in [1.54, 1.807) is 16.9 Å². The van der Waals surface area contributed by atoms with Gasteiger partial charge >= 0.3 is 0 Å². The summed E-state index contributed by atoms with van der Waals surface area (Å²) >= 11 is 9.02. The second-order valence-electron chi connectivity index (χ2n) is 3.03. The van der Waals surface area contributed by atoms with Crippen LogP contribution < -0.4 is 5.73 Å². The lowest BCUT2D eigenvalue weighted by atomic mass is 10.3. The van der Waals surface area contributed by atoms with Gasteiger partial charge < -0.3 is 5.73 Å². The lowest BCUT2D eigenvalue weighted by Gasteiger charge is -2.00. The fourth-order valence-electron chi connectivity index (χ4n) is 1.16. The highest BCUT2D eigenvalue weighted by molar-refractivity contribution is 9.10. The van der Waals surface area contributed by atoms with Gasteiger partial charge in [0.15, 0.2) is 5.82 Å². The highest BCUT2D eigenvalue weighted by atomic mass is 79.9. The van der Waals surface area contributed by atoms with Gasteiger partial charge in [0.1, 0.15) is 0 Å². The summed E-state index contributed by atoms with van der Waals surface area (Å²) in [6.07, 6.45) is 3.42. The van der Waals surface area contributed by atoms with Crippen LogP contribution in [0.3, 0.4) is 0 Å². The number of hydrogen-bond acceptors (Lipinski definition) is 3. The predicted molar refractivity (Wildman–Crippen MR) is 62.7 cm³/mol. The third-order valence-corrected chi connectivity index (χ3v) is 2.69. The molecule has 2 rings (SSSR count). The minimum atomic E-state index is 0.476. The van der Waals surface area contributed by atoms with Crippen LogP contribution >= 0.6 is 27.5 Å². The second-order valence-corrected chi connectivity index (χ2v) is 4.32. The molecule has 15 heavy (non-hydrogen) atoms. The Hall–Kier alpha value is -1.07. The Morgan fingerprint density at radius 1 is 1.47 bits per heavy atom. The molecule has 0 aromatic carbocycles. The normalized spacial score (nSPS) is 10.5. The smallest absolute Gasteiger partial charge is 0.159 e. The molecule has 6 heteroatoms. The molecule has 0 fully saturated rings. The number of nitrogen functional groups attached to an aromatic ring is 1. The Morgan fingerprint density at radius 2 is 2.27 bits per heavy atom. The Morgan fingerprint density at radius 3 is 2.80 bits per heavy atom. The van der Waals surface area contributed by atoms with Gasteiger partial charge in [-0.15, -0.1) is 0 Å². The van der Waals surface area contributed by atoms with E-state index in [2.05, 4.69) is 26.0 Å². The third kappa shape index (κ3) is 2.49. The Labute approximate surface area is 100 Å². The van der Waals surface area contributed by atoms with Gasteiger partial charge in [0.2, 0.25) is 0 Å². The van der Waals surface area contributed by atoms with Gasteiger partial charge in [-0.25, -0.2) is 0 Å². The Bertz CT molecular complexity index is 446. The van der Waals surface area contributed by atoms with Crippen LogP contribution in [0.4, 0.5) is 5.82 Å². The van der Waals surface area contributed by atoms with E-state index in [1.807, 2.05) is 12.3 Å². The van der Waals surface area contributed by atoms with Gasteiger partial charge in [-0.05, 0) is 28.1 Å². The van der Waals surface area contributed by atoms with Crippen LogP contribution in [-0.2, 0) is 6.54 Å². The van der Waals surface area contributed by atoms with Crippen molar-refractivity contribution in [1.29, 1.82) is 0 Å². The van der Waals surface area contributed by atoms with Crippen molar-refractivity contribution in [2.75, 3.05) is 5.73 Å². The van der Waals surface area contributed by atoms with Crippen molar-refractivity contribution in [2.24, 2.45) is 0 Å². The predicted octanol–water partition coefficient (Wildman–Crippen LogP) is 2.32. The summed E-state index contributed by atoms with van der Waals surface area (Å²) in [6.45, 7) is 0.576. The van der Waals surface area contributed by atoms with Gasteiger partial charge in [0.05, 0.1) is 21.7 Å². The van der Waals surface area contributed by atoms with Crippen LogP contribution in [0.1, 0.15) is 5.69 Å². The summed E-state index contributed by atoms with van der Waals surface area (Å²) in [6, 6.07) is 3.65. The van der Waals surface area contributed by atoms with Crippen molar-refractivity contribution < 1.29 is 0 Å². The maximum atomic E-state index is 5.73. The van der Waals surface area contributed by atoms with Crippen molar-refractivity contribution in [1.82, 2.24) is 14.8 Å². The number of rotatable bonds is 2. The van der Waals surface area contributed by atoms with Crippen LogP contribution in [0.2, 0.25) is 5.02 Å². The maximum absolute atomic E-state index is 5.73. The van der Waals surface area contributed by atoms with E-state index >= 15 is 0 Å². The summed E-state index contributed by atoms with van der Waals surface area (Å²) in [5, 5.41) is 4.73. The number of nitrogens with two attached hydrogens (primary N) is 1. The molecule has 2 N–H and O–H groups in total. The molecule has 0 bridgehead atoms. The largest absolute Gasteiger partial charge is 0.381 e. The zero-order valence-corrected chi connectivity index (χ0v) is 10.0.